The second-order valence-corrected chi connectivity index (χ2v) is 8.97. The van der Waals surface area contributed by atoms with Gasteiger partial charge in [0.05, 0.1) is 20.3 Å². The van der Waals surface area contributed by atoms with Crippen LogP contribution in [0.2, 0.25) is 0 Å². The molecule has 1 aliphatic heterocycles. The molecule has 0 bridgehead atoms. The number of anilines is 1. The Labute approximate surface area is 210 Å². The van der Waals surface area contributed by atoms with E-state index in [2.05, 4.69) is 10.4 Å². The minimum atomic E-state index is -1.33. The first-order valence-electron chi connectivity index (χ1n) is 11.8. The summed E-state index contributed by atoms with van der Waals surface area (Å²) in [5.41, 5.74) is 2.37. The Morgan fingerprint density at radius 1 is 1.11 bits per heavy atom. The minimum absolute atomic E-state index is 0.0268. The van der Waals surface area contributed by atoms with Gasteiger partial charge in [-0.15, -0.1) is 0 Å². The number of carbonyl (C=O) groups is 3. The van der Waals surface area contributed by atoms with Gasteiger partial charge in [-0.2, -0.15) is 5.10 Å². The summed E-state index contributed by atoms with van der Waals surface area (Å²) in [5.74, 6) is -0.754. The summed E-state index contributed by atoms with van der Waals surface area (Å²) in [6.07, 6.45) is 0. The number of hydrogen-bond acceptors (Lipinski definition) is 6. The van der Waals surface area contributed by atoms with Crippen LogP contribution in [0.25, 0.3) is 0 Å². The zero-order valence-electron chi connectivity index (χ0n) is 21.1. The third kappa shape index (κ3) is 4.44. The van der Waals surface area contributed by atoms with Crippen LogP contribution in [-0.4, -0.2) is 46.8 Å². The Balaban J connectivity index is 1.74. The maximum atomic E-state index is 13.8. The predicted octanol–water partition coefficient (Wildman–Crippen LogP) is 3.42. The standard InChI is InChI=1S/C27H30N4O5/c1-6-36-25(33)21-14-22-24(32)31(20-12-11-17(2)18(3)13-20)27(4,16-30(22)29-21)26(34)28-15-19-9-7-8-10-23(19)35-5/h7-14H,6,15-16H2,1-5H3,(H,28,34)/t27-/m0/s1. The van der Waals surface area contributed by atoms with E-state index in [9.17, 15) is 14.4 Å². The van der Waals surface area contributed by atoms with Crippen LogP contribution >= 0.6 is 0 Å². The van der Waals surface area contributed by atoms with Crippen molar-refractivity contribution in [3.05, 3.63) is 76.6 Å². The molecule has 36 heavy (non-hydrogen) atoms. The lowest BCUT2D eigenvalue weighted by atomic mass is 9.93. The zero-order valence-corrected chi connectivity index (χ0v) is 21.1. The van der Waals surface area contributed by atoms with Crippen LogP contribution < -0.4 is 15.0 Å². The molecule has 1 atom stereocenters. The van der Waals surface area contributed by atoms with Crippen LogP contribution in [0.4, 0.5) is 5.69 Å². The number of fused-ring (bicyclic) bond motifs is 1. The van der Waals surface area contributed by atoms with Gasteiger partial charge in [0.1, 0.15) is 17.0 Å². The molecule has 0 saturated heterocycles. The number of nitrogens with one attached hydrogen (secondary N) is 1. The number of ether oxygens (including phenoxy) is 2. The zero-order chi connectivity index (χ0) is 26.0. The Kier molecular flexibility index (Phi) is 6.83. The summed E-state index contributed by atoms with van der Waals surface area (Å²) in [6, 6.07) is 14.5. The molecule has 9 heteroatoms. The molecule has 2 heterocycles. The van der Waals surface area contributed by atoms with Crippen molar-refractivity contribution in [2.45, 2.75) is 46.3 Å². The largest absolute Gasteiger partial charge is 0.496 e. The van der Waals surface area contributed by atoms with E-state index in [1.165, 1.54) is 15.6 Å². The first kappa shape index (κ1) is 25.0. The highest BCUT2D eigenvalue weighted by atomic mass is 16.5. The number of benzene rings is 2. The van der Waals surface area contributed by atoms with Crippen molar-refractivity contribution < 1.29 is 23.9 Å². The number of aryl methyl sites for hydroxylation is 2. The quantitative estimate of drug-likeness (QED) is 0.509. The Morgan fingerprint density at radius 3 is 2.56 bits per heavy atom. The van der Waals surface area contributed by atoms with Crippen LogP contribution in [-0.2, 0) is 22.6 Å². The number of carbonyl (C=O) groups excluding carboxylic acids is 3. The van der Waals surface area contributed by atoms with Gasteiger partial charge in [0.2, 0.25) is 5.91 Å². The molecule has 9 nitrogen and oxygen atoms in total. The molecule has 0 aliphatic carbocycles. The van der Waals surface area contributed by atoms with E-state index in [1.54, 1.807) is 21.0 Å². The second-order valence-electron chi connectivity index (χ2n) is 8.97. The molecular weight excluding hydrogens is 460 g/mol. The van der Waals surface area contributed by atoms with Crippen LogP contribution in [0, 0.1) is 13.8 Å². The number of methoxy groups -OCH3 is 1. The summed E-state index contributed by atoms with van der Waals surface area (Å²) in [5, 5.41) is 7.26. The van der Waals surface area contributed by atoms with E-state index in [1.807, 2.05) is 56.3 Å². The van der Waals surface area contributed by atoms with E-state index in [-0.39, 0.29) is 37.0 Å². The minimum Gasteiger partial charge on any atom is -0.496 e. The van der Waals surface area contributed by atoms with Crippen LogP contribution in [0.5, 0.6) is 5.75 Å². The predicted molar refractivity (Wildman–Crippen MR) is 134 cm³/mol. The van der Waals surface area contributed by atoms with Gasteiger partial charge in [0, 0.05) is 23.9 Å². The van der Waals surface area contributed by atoms with E-state index in [0.29, 0.717) is 11.4 Å². The van der Waals surface area contributed by atoms with Crippen LogP contribution in [0.3, 0.4) is 0 Å². The van der Waals surface area contributed by atoms with Gasteiger partial charge < -0.3 is 14.8 Å². The average Bonchev–Trinajstić information content (AvgIpc) is 3.29. The molecule has 0 fully saturated rings. The molecule has 188 valence electrons. The summed E-state index contributed by atoms with van der Waals surface area (Å²) >= 11 is 0. The maximum absolute atomic E-state index is 13.8. The Hall–Kier alpha value is -4.14. The fourth-order valence-corrected chi connectivity index (χ4v) is 4.37. The van der Waals surface area contributed by atoms with Gasteiger partial charge in [-0.05, 0) is 57.0 Å². The molecule has 3 aromatic rings. The lowest BCUT2D eigenvalue weighted by Gasteiger charge is -2.43. The Morgan fingerprint density at radius 2 is 1.86 bits per heavy atom. The molecule has 1 N–H and O–H groups in total. The van der Waals surface area contributed by atoms with Crippen molar-refractivity contribution in [1.29, 1.82) is 0 Å². The third-order valence-corrected chi connectivity index (χ3v) is 6.51. The molecule has 0 radical (unpaired) electrons. The first-order chi connectivity index (χ1) is 17.2. The normalized spacial score (nSPS) is 16.9. The summed E-state index contributed by atoms with van der Waals surface area (Å²) in [4.78, 5) is 41.4. The number of aromatic nitrogens is 2. The van der Waals surface area contributed by atoms with Crippen molar-refractivity contribution in [3.8, 4) is 5.75 Å². The van der Waals surface area contributed by atoms with Gasteiger partial charge in [0.15, 0.2) is 5.69 Å². The van der Waals surface area contributed by atoms with Crippen molar-refractivity contribution in [2.75, 3.05) is 18.6 Å². The summed E-state index contributed by atoms with van der Waals surface area (Å²) < 4.78 is 11.9. The molecule has 4 rings (SSSR count). The van der Waals surface area contributed by atoms with Crippen LogP contribution in [0.1, 0.15) is 51.5 Å². The molecular formula is C27H30N4O5. The first-order valence-corrected chi connectivity index (χ1v) is 11.8. The van der Waals surface area contributed by atoms with E-state index < -0.39 is 17.4 Å². The summed E-state index contributed by atoms with van der Waals surface area (Å²) in [7, 11) is 1.57. The SMILES string of the molecule is CCOC(=O)c1cc2n(n1)C[C@@](C)(C(=O)NCc1ccccc1OC)N(c1ccc(C)c(C)c1)C2=O. The highest BCUT2D eigenvalue weighted by Crippen LogP contribution is 2.34. The molecule has 1 aromatic heterocycles. The summed E-state index contributed by atoms with van der Waals surface area (Å²) in [6.45, 7) is 7.79. The van der Waals surface area contributed by atoms with Gasteiger partial charge in [-0.25, -0.2) is 4.79 Å². The van der Waals surface area contributed by atoms with Crippen molar-refractivity contribution in [1.82, 2.24) is 15.1 Å². The molecule has 2 amide bonds. The topological polar surface area (TPSA) is 103 Å². The van der Waals surface area contributed by atoms with Gasteiger partial charge >= 0.3 is 5.97 Å². The molecule has 0 unspecified atom stereocenters. The van der Waals surface area contributed by atoms with Crippen LogP contribution in [0.15, 0.2) is 48.5 Å². The lowest BCUT2D eigenvalue weighted by molar-refractivity contribution is -0.126. The van der Waals surface area contributed by atoms with E-state index in [0.717, 1.165) is 16.7 Å². The van der Waals surface area contributed by atoms with Crippen molar-refractivity contribution >= 4 is 23.5 Å². The number of para-hydroxylation sites is 1. The molecule has 0 spiro atoms. The van der Waals surface area contributed by atoms with Gasteiger partial charge in [0.25, 0.3) is 5.91 Å². The molecule has 2 aromatic carbocycles. The monoisotopic (exact) mass is 490 g/mol. The molecule has 1 aliphatic rings. The Bertz CT molecular complexity index is 1330. The average molecular weight is 491 g/mol. The van der Waals surface area contributed by atoms with E-state index in [4.69, 9.17) is 9.47 Å². The number of nitrogens with zero attached hydrogens (tertiary/aromatic N) is 3. The lowest BCUT2D eigenvalue weighted by Crippen LogP contribution is -2.64. The second kappa shape index (κ2) is 9.85. The van der Waals surface area contributed by atoms with Crippen molar-refractivity contribution in [2.24, 2.45) is 0 Å². The fraction of sp³-hybridized carbons (Fsp3) is 0.333. The maximum Gasteiger partial charge on any atom is 0.358 e. The third-order valence-electron chi connectivity index (χ3n) is 6.51. The van der Waals surface area contributed by atoms with Gasteiger partial charge in [-0.3, -0.25) is 19.2 Å². The number of rotatable bonds is 7. The van der Waals surface area contributed by atoms with E-state index >= 15 is 0 Å². The highest BCUT2D eigenvalue weighted by Gasteiger charge is 2.49. The number of esters is 1. The van der Waals surface area contributed by atoms with Crippen molar-refractivity contribution in [3.63, 3.8) is 0 Å². The van der Waals surface area contributed by atoms with Gasteiger partial charge in [-0.1, -0.05) is 24.3 Å². The highest BCUT2D eigenvalue weighted by molar-refractivity contribution is 6.12. The fourth-order valence-electron chi connectivity index (χ4n) is 4.37. The number of hydrogen-bond donors (Lipinski definition) is 1. The smallest absolute Gasteiger partial charge is 0.358 e. The number of amides is 2. The molecule has 0 saturated carbocycles.